The summed E-state index contributed by atoms with van der Waals surface area (Å²) >= 11 is 1.60. The van der Waals surface area contributed by atoms with Crippen LogP contribution in [0.25, 0.3) is 11.2 Å². The van der Waals surface area contributed by atoms with Crippen LogP contribution in [0.5, 0.6) is 0 Å². The number of thiazole rings is 1. The predicted molar refractivity (Wildman–Crippen MR) is 70.7 cm³/mol. The molecule has 18 heavy (non-hydrogen) atoms. The topological polar surface area (TPSA) is 91.4 Å². The van der Waals surface area contributed by atoms with Crippen LogP contribution in [-0.4, -0.2) is 32.0 Å². The fourth-order valence-electron chi connectivity index (χ4n) is 1.57. The molecule has 8 heteroatoms. The number of anilines is 2. The molecule has 3 aromatic heterocycles. The van der Waals surface area contributed by atoms with E-state index in [0.29, 0.717) is 18.1 Å². The molecule has 0 fully saturated rings. The third-order valence-corrected chi connectivity index (χ3v) is 3.18. The first-order valence-electron chi connectivity index (χ1n) is 5.38. The Morgan fingerprint density at radius 1 is 1.33 bits per heavy atom. The first-order chi connectivity index (χ1) is 8.86. The molecule has 0 saturated carbocycles. The summed E-state index contributed by atoms with van der Waals surface area (Å²) in [4.78, 5) is 20.0. The third-order valence-electron chi connectivity index (χ3n) is 2.40. The Morgan fingerprint density at radius 2 is 2.28 bits per heavy atom. The summed E-state index contributed by atoms with van der Waals surface area (Å²) in [7, 11) is 1.78. The number of H-pyrrole nitrogens is 1. The van der Waals surface area contributed by atoms with E-state index >= 15 is 0 Å². The Kier molecular flexibility index (Phi) is 2.77. The maximum Gasteiger partial charge on any atom is 0.226 e. The Bertz CT molecular complexity index is 645. The van der Waals surface area contributed by atoms with Crippen molar-refractivity contribution in [2.45, 2.75) is 6.54 Å². The fourth-order valence-corrected chi connectivity index (χ4v) is 2.13. The lowest BCUT2D eigenvalue weighted by molar-refractivity contribution is 1.07. The number of hydrogen-bond donors (Lipinski definition) is 3. The van der Waals surface area contributed by atoms with E-state index in [4.69, 9.17) is 0 Å². The second kappa shape index (κ2) is 4.57. The molecule has 0 amide bonds. The van der Waals surface area contributed by atoms with Crippen molar-refractivity contribution in [2.24, 2.45) is 0 Å². The van der Waals surface area contributed by atoms with E-state index in [1.807, 2.05) is 5.38 Å². The standard InChI is InChI=1S/C10H11N7S/c1-11-10-16-8(7-9(17-10)15-5-14-7)13-4-6-12-2-3-18-6/h2-3,5H,4H2,1H3,(H3,11,13,14,15,16,17). The molecule has 0 atom stereocenters. The molecule has 92 valence electrons. The molecule has 0 aliphatic rings. The highest BCUT2D eigenvalue weighted by Crippen LogP contribution is 2.19. The lowest BCUT2D eigenvalue weighted by Gasteiger charge is -2.06. The maximum atomic E-state index is 4.36. The van der Waals surface area contributed by atoms with E-state index in [-0.39, 0.29) is 0 Å². The van der Waals surface area contributed by atoms with Crippen LogP contribution in [0.4, 0.5) is 11.8 Å². The van der Waals surface area contributed by atoms with Crippen LogP contribution >= 0.6 is 11.3 Å². The van der Waals surface area contributed by atoms with Gasteiger partial charge in [-0.2, -0.15) is 9.97 Å². The van der Waals surface area contributed by atoms with Crippen LogP contribution in [-0.2, 0) is 6.54 Å². The predicted octanol–water partition coefficient (Wildman–Crippen LogP) is 1.46. The first kappa shape index (κ1) is 10.9. The first-order valence-corrected chi connectivity index (χ1v) is 6.26. The normalized spacial score (nSPS) is 10.7. The van der Waals surface area contributed by atoms with Gasteiger partial charge in [0.15, 0.2) is 11.5 Å². The molecule has 0 unspecified atom stereocenters. The Hall–Kier alpha value is -2.22. The second-order valence-corrected chi connectivity index (χ2v) is 4.51. The van der Waals surface area contributed by atoms with Crippen LogP contribution in [0.15, 0.2) is 17.9 Å². The van der Waals surface area contributed by atoms with Gasteiger partial charge < -0.3 is 15.6 Å². The van der Waals surface area contributed by atoms with Crippen LogP contribution in [0.3, 0.4) is 0 Å². The zero-order valence-corrected chi connectivity index (χ0v) is 10.5. The van der Waals surface area contributed by atoms with Gasteiger partial charge in [-0.15, -0.1) is 11.3 Å². The van der Waals surface area contributed by atoms with Gasteiger partial charge in [0.25, 0.3) is 0 Å². The number of aromatic nitrogens is 5. The third kappa shape index (κ3) is 1.97. The fraction of sp³-hybridized carbons (Fsp3) is 0.200. The summed E-state index contributed by atoms with van der Waals surface area (Å²) < 4.78 is 0. The molecule has 3 heterocycles. The van der Waals surface area contributed by atoms with E-state index in [1.54, 1.807) is 30.9 Å². The molecule has 0 spiro atoms. The van der Waals surface area contributed by atoms with Gasteiger partial charge in [0.05, 0.1) is 12.9 Å². The van der Waals surface area contributed by atoms with Gasteiger partial charge in [-0.25, -0.2) is 9.97 Å². The van der Waals surface area contributed by atoms with Crippen molar-refractivity contribution in [2.75, 3.05) is 17.7 Å². The highest BCUT2D eigenvalue weighted by Gasteiger charge is 2.09. The monoisotopic (exact) mass is 261 g/mol. The lowest BCUT2D eigenvalue weighted by atomic mass is 10.4. The summed E-state index contributed by atoms with van der Waals surface area (Å²) in [6, 6.07) is 0. The number of hydrogen-bond acceptors (Lipinski definition) is 7. The summed E-state index contributed by atoms with van der Waals surface area (Å²) in [6.07, 6.45) is 3.39. The second-order valence-electron chi connectivity index (χ2n) is 3.53. The van der Waals surface area contributed by atoms with Gasteiger partial charge in [0.1, 0.15) is 10.5 Å². The summed E-state index contributed by atoms with van der Waals surface area (Å²) in [6.45, 7) is 0.631. The van der Waals surface area contributed by atoms with Crippen molar-refractivity contribution in [3.63, 3.8) is 0 Å². The van der Waals surface area contributed by atoms with E-state index in [9.17, 15) is 0 Å². The van der Waals surface area contributed by atoms with Gasteiger partial charge in [-0.1, -0.05) is 0 Å². The van der Waals surface area contributed by atoms with Crippen LogP contribution in [0, 0.1) is 0 Å². The highest BCUT2D eigenvalue weighted by atomic mass is 32.1. The summed E-state index contributed by atoms with van der Waals surface area (Å²) in [5, 5.41) is 9.10. The van der Waals surface area contributed by atoms with Gasteiger partial charge in [0.2, 0.25) is 5.95 Å². The average Bonchev–Trinajstić information content (AvgIpc) is 3.06. The van der Waals surface area contributed by atoms with Crippen molar-refractivity contribution in [1.29, 1.82) is 0 Å². The Morgan fingerprint density at radius 3 is 3.06 bits per heavy atom. The van der Waals surface area contributed by atoms with Gasteiger partial charge >= 0.3 is 0 Å². The van der Waals surface area contributed by atoms with Crippen LogP contribution in [0.2, 0.25) is 0 Å². The number of fused-ring (bicyclic) bond motifs is 1. The van der Waals surface area contributed by atoms with E-state index in [2.05, 4.69) is 35.6 Å². The molecular formula is C10H11N7S. The molecule has 0 radical (unpaired) electrons. The van der Waals surface area contributed by atoms with Crippen molar-refractivity contribution >= 4 is 34.3 Å². The number of rotatable bonds is 4. The van der Waals surface area contributed by atoms with Gasteiger partial charge in [-0.05, 0) is 0 Å². The quantitative estimate of drug-likeness (QED) is 0.658. The lowest BCUT2D eigenvalue weighted by Crippen LogP contribution is -2.05. The number of nitrogens with zero attached hydrogens (tertiary/aromatic N) is 4. The molecule has 0 aliphatic carbocycles. The molecule has 3 aromatic rings. The molecule has 0 bridgehead atoms. The van der Waals surface area contributed by atoms with E-state index in [0.717, 1.165) is 16.3 Å². The van der Waals surface area contributed by atoms with Gasteiger partial charge in [0, 0.05) is 18.6 Å². The minimum atomic E-state index is 0.538. The number of aromatic amines is 1. The number of imidazole rings is 1. The Balaban J connectivity index is 1.92. The summed E-state index contributed by atoms with van der Waals surface area (Å²) in [5.41, 5.74) is 1.43. The van der Waals surface area contributed by atoms with E-state index in [1.165, 1.54) is 0 Å². The molecule has 0 aromatic carbocycles. The maximum absolute atomic E-state index is 4.36. The van der Waals surface area contributed by atoms with Crippen molar-refractivity contribution in [3.8, 4) is 0 Å². The summed E-state index contributed by atoms with van der Waals surface area (Å²) in [5.74, 6) is 1.26. The molecular weight excluding hydrogens is 250 g/mol. The molecule has 0 aliphatic heterocycles. The van der Waals surface area contributed by atoms with Crippen LogP contribution < -0.4 is 10.6 Å². The average molecular weight is 261 g/mol. The van der Waals surface area contributed by atoms with Crippen molar-refractivity contribution in [3.05, 3.63) is 22.9 Å². The SMILES string of the molecule is CNc1nc(NCc2nccs2)c2[nH]cnc2n1. The highest BCUT2D eigenvalue weighted by molar-refractivity contribution is 7.09. The van der Waals surface area contributed by atoms with E-state index < -0.39 is 0 Å². The van der Waals surface area contributed by atoms with Crippen molar-refractivity contribution < 1.29 is 0 Å². The molecule has 0 saturated heterocycles. The largest absolute Gasteiger partial charge is 0.362 e. The smallest absolute Gasteiger partial charge is 0.226 e. The Labute approximate surface area is 107 Å². The zero-order chi connectivity index (χ0) is 12.4. The molecule has 7 nitrogen and oxygen atoms in total. The van der Waals surface area contributed by atoms with Crippen molar-refractivity contribution in [1.82, 2.24) is 24.9 Å². The minimum absolute atomic E-state index is 0.538. The van der Waals surface area contributed by atoms with Gasteiger partial charge in [-0.3, -0.25) is 0 Å². The van der Waals surface area contributed by atoms with Crippen LogP contribution in [0.1, 0.15) is 5.01 Å². The molecule has 3 N–H and O–H groups in total. The molecule has 3 rings (SSSR count). The number of nitrogens with one attached hydrogen (secondary N) is 3. The minimum Gasteiger partial charge on any atom is -0.362 e. The zero-order valence-electron chi connectivity index (χ0n) is 9.64.